The highest BCUT2D eigenvalue weighted by Crippen LogP contribution is 2.21. The number of rotatable bonds is 2. The van der Waals surface area contributed by atoms with Crippen LogP contribution in [0.15, 0.2) is 18.2 Å². The van der Waals surface area contributed by atoms with E-state index in [0.717, 1.165) is 17.5 Å². The molecule has 16 heavy (non-hydrogen) atoms. The van der Waals surface area contributed by atoms with Crippen molar-refractivity contribution >= 4 is 11.9 Å². The maximum Gasteiger partial charge on any atom is 0.323 e. The van der Waals surface area contributed by atoms with E-state index in [9.17, 15) is 9.59 Å². The smallest absolute Gasteiger partial charge is 0.323 e. The Labute approximate surface area is 93.5 Å². The molecule has 1 aliphatic heterocycles. The lowest BCUT2D eigenvalue weighted by Gasteiger charge is -2.28. The normalized spacial score (nSPS) is 14.8. The molecule has 84 valence electrons. The van der Waals surface area contributed by atoms with Crippen molar-refractivity contribution in [1.82, 2.24) is 4.90 Å². The molecule has 1 aromatic rings. The number of hydrogen-bond donors (Lipinski definition) is 1. The Bertz CT molecular complexity index is 454. The summed E-state index contributed by atoms with van der Waals surface area (Å²) in [5.74, 6) is -1.13. The fourth-order valence-electron chi connectivity index (χ4n) is 2.07. The van der Waals surface area contributed by atoms with Crippen molar-refractivity contribution < 1.29 is 14.7 Å². The summed E-state index contributed by atoms with van der Waals surface area (Å²) in [6, 6.07) is 5.73. The van der Waals surface area contributed by atoms with Gasteiger partial charge in [0, 0.05) is 12.1 Å². The van der Waals surface area contributed by atoms with Crippen molar-refractivity contribution in [2.24, 2.45) is 0 Å². The molecule has 1 aliphatic rings. The van der Waals surface area contributed by atoms with Crippen molar-refractivity contribution in [3.63, 3.8) is 0 Å². The van der Waals surface area contributed by atoms with Gasteiger partial charge < -0.3 is 10.0 Å². The number of carboxylic acids is 1. The van der Waals surface area contributed by atoms with Gasteiger partial charge in [0.25, 0.3) is 5.91 Å². The number of amides is 1. The Morgan fingerprint density at radius 1 is 1.50 bits per heavy atom. The predicted octanol–water partition coefficient (Wildman–Crippen LogP) is 1.08. The number of hydrogen-bond acceptors (Lipinski definition) is 2. The van der Waals surface area contributed by atoms with Gasteiger partial charge in [-0.1, -0.05) is 18.2 Å². The molecule has 0 aliphatic carbocycles. The van der Waals surface area contributed by atoms with Gasteiger partial charge in [-0.15, -0.1) is 0 Å². The summed E-state index contributed by atoms with van der Waals surface area (Å²) in [6.45, 7) is 2.15. The van der Waals surface area contributed by atoms with E-state index < -0.39 is 5.97 Å². The molecule has 0 bridgehead atoms. The molecule has 0 radical (unpaired) electrons. The molecule has 1 heterocycles. The standard InChI is InChI=1S/C12H13NO3/c1-8-3-2-4-9-5-6-13(7-10(14)15)12(16)11(8)9/h2-4H,5-7H2,1H3,(H,14,15). The van der Waals surface area contributed by atoms with Gasteiger partial charge in [-0.05, 0) is 24.5 Å². The molecule has 0 saturated carbocycles. The lowest BCUT2D eigenvalue weighted by Crippen LogP contribution is -2.41. The molecule has 2 rings (SSSR count). The minimum absolute atomic E-state index is 0.165. The number of benzene rings is 1. The molecular formula is C12H13NO3. The number of carbonyl (C=O) groups excluding carboxylic acids is 1. The maximum absolute atomic E-state index is 12.0. The number of fused-ring (bicyclic) bond motifs is 1. The highest BCUT2D eigenvalue weighted by atomic mass is 16.4. The van der Waals surface area contributed by atoms with Crippen LogP contribution >= 0.6 is 0 Å². The zero-order valence-electron chi connectivity index (χ0n) is 9.06. The lowest BCUT2D eigenvalue weighted by molar-refractivity contribution is -0.137. The first-order valence-electron chi connectivity index (χ1n) is 5.19. The molecule has 4 nitrogen and oxygen atoms in total. The van der Waals surface area contributed by atoms with Crippen LogP contribution in [0.3, 0.4) is 0 Å². The Morgan fingerprint density at radius 2 is 2.25 bits per heavy atom. The van der Waals surface area contributed by atoms with Gasteiger partial charge in [0.2, 0.25) is 0 Å². The van der Waals surface area contributed by atoms with Crippen LogP contribution in [-0.4, -0.2) is 35.0 Å². The zero-order valence-corrected chi connectivity index (χ0v) is 9.06. The largest absolute Gasteiger partial charge is 0.480 e. The summed E-state index contributed by atoms with van der Waals surface area (Å²) in [5, 5.41) is 8.71. The average molecular weight is 219 g/mol. The van der Waals surface area contributed by atoms with E-state index in [2.05, 4.69) is 0 Å². The van der Waals surface area contributed by atoms with Crippen LogP contribution in [-0.2, 0) is 11.2 Å². The van der Waals surface area contributed by atoms with E-state index in [0.29, 0.717) is 12.1 Å². The van der Waals surface area contributed by atoms with Gasteiger partial charge in [0.15, 0.2) is 0 Å². The van der Waals surface area contributed by atoms with E-state index >= 15 is 0 Å². The van der Waals surface area contributed by atoms with E-state index in [4.69, 9.17) is 5.11 Å². The van der Waals surface area contributed by atoms with Crippen molar-refractivity contribution in [2.75, 3.05) is 13.1 Å². The lowest BCUT2D eigenvalue weighted by atomic mass is 9.95. The quantitative estimate of drug-likeness (QED) is 0.809. The maximum atomic E-state index is 12.0. The number of carbonyl (C=O) groups is 2. The van der Waals surface area contributed by atoms with Gasteiger partial charge in [0.1, 0.15) is 6.54 Å². The Balaban J connectivity index is 2.34. The van der Waals surface area contributed by atoms with Crippen LogP contribution in [0.1, 0.15) is 21.5 Å². The molecule has 0 spiro atoms. The first-order valence-corrected chi connectivity index (χ1v) is 5.19. The average Bonchev–Trinajstić information content (AvgIpc) is 2.22. The van der Waals surface area contributed by atoms with Gasteiger partial charge in [-0.25, -0.2) is 0 Å². The van der Waals surface area contributed by atoms with Crippen molar-refractivity contribution in [1.29, 1.82) is 0 Å². The molecule has 0 fully saturated rings. The van der Waals surface area contributed by atoms with Gasteiger partial charge in [0.05, 0.1) is 0 Å². The van der Waals surface area contributed by atoms with Gasteiger partial charge in [-0.3, -0.25) is 9.59 Å². The third kappa shape index (κ3) is 1.78. The summed E-state index contributed by atoms with van der Waals surface area (Å²) in [5.41, 5.74) is 2.61. The first-order chi connectivity index (χ1) is 7.59. The van der Waals surface area contributed by atoms with Crippen LogP contribution in [0.25, 0.3) is 0 Å². The number of aliphatic carboxylic acids is 1. The number of carboxylic acid groups (broad SMARTS) is 1. The second kappa shape index (κ2) is 3.96. The zero-order chi connectivity index (χ0) is 11.7. The Kier molecular flexibility index (Phi) is 2.64. The summed E-state index contributed by atoms with van der Waals surface area (Å²) < 4.78 is 0. The minimum atomic E-state index is -0.967. The molecule has 0 saturated heterocycles. The molecule has 0 atom stereocenters. The number of aryl methyl sites for hydroxylation is 1. The summed E-state index contributed by atoms with van der Waals surface area (Å²) in [7, 11) is 0. The second-order valence-electron chi connectivity index (χ2n) is 3.98. The van der Waals surface area contributed by atoms with E-state index in [1.54, 1.807) is 0 Å². The number of nitrogens with zero attached hydrogens (tertiary/aromatic N) is 1. The van der Waals surface area contributed by atoms with Gasteiger partial charge >= 0.3 is 5.97 Å². The highest BCUT2D eigenvalue weighted by Gasteiger charge is 2.26. The third-order valence-corrected chi connectivity index (χ3v) is 2.84. The highest BCUT2D eigenvalue weighted by molar-refractivity contribution is 5.99. The molecule has 1 aromatic carbocycles. The monoisotopic (exact) mass is 219 g/mol. The SMILES string of the molecule is Cc1cccc2c1C(=O)N(CC(=O)O)CC2. The summed E-state index contributed by atoms with van der Waals surface area (Å²) in [4.78, 5) is 24.0. The third-order valence-electron chi connectivity index (χ3n) is 2.84. The fraction of sp³-hybridized carbons (Fsp3) is 0.333. The van der Waals surface area contributed by atoms with Crippen LogP contribution < -0.4 is 0 Å². The topological polar surface area (TPSA) is 57.6 Å². The van der Waals surface area contributed by atoms with Crippen molar-refractivity contribution in [3.05, 3.63) is 34.9 Å². The summed E-state index contributed by atoms with van der Waals surface area (Å²) in [6.07, 6.45) is 0.732. The minimum Gasteiger partial charge on any atom is -0.480 e. The molecular weight excluding hydrogens is 206 g/mol. The van der Waals surface area contributed by atoms with E-state index in [1.165, 1.54) is 4.90 Å². The summed E-state index contributed by atoms with van der Waals surface area (Å²) >= 11 is 0. The molecule has 1 N–H and O–H groups in total. The Morgan fingerprint density at radius 3 is 2.94 bits per heavy atom. The van der Waals surface area contributed by atoms with Gasteiger partial charge in [-0.2, -0.15) is 0 Å². The van der Waals surface area contributed by atoms with Crippen molar-refractivity contribution in [2.45, 2.75) is 13.3 Å². The van der Waals surface area contributed by atoms with Crippen LogP contribution in [0, 0.1) is 6.92 Å². The van der Waals surface area contributed by atoms with Crippen LogP contribution in [0.2, 0.25) is 0 Å². The molecule has 0 aromatic heterocycles. The molecule has 0 unspecified atom stereocenters. The first kappa shape index (κ1) is 10.7. The predicted molar refractivity (Wildman–Crippen MR) is 58.4 cm³/mol. The second-order valence-corrected chi connectivity index (χ2v) is 3.98. The molecule has 4 heteroatoms. The Hall–Kier alpha value is -1.84. The van der Waals surface area contributed by atoms with Crippen LogP contribution in [0.4, 0.5) is 0 Å². The van der Waals surface area contributed by atoms with E-state index in [1.807, 2.05) is 25.1 Å². The molecule has 1 amide bonds. The van der Waals surface area contributed by atoms with Crippen molar-refractivity contribution in [3.8, 4) is 0 Å². The van der Waals surface area contributed by atoms with E-state index in [-0.39, 0.29) is 12.5 Å². The fourth-order valence-corrected chi connectivity index (χ4v) is 2.07. The van der Waals surface area contributed by atoms with Crippen LogP contribution in [0.5, 0.6) is 0 Å².